The number of sulfonamides is 1. The molecule has 0 N–H and O–H groups in total. The molecule has 0 spiro atoms. The number of nitrogens with zero attached hydrogens (tertiary/aromatic N) is 1. The van der Waals surface area contributed by atoms with Crippen LogP contribution in [-0.2, 0) is 16.6 Å². The number of ether oxygens (including phenoxy) is 1. The fourth-order valence-corrected chi connectivity index (χ4v) is 4.81. The Bertz CT molecular complexity index is 1090. The third-order valence-electron chi connectivity index (χ3n) is 4.28. The fraction of sp³-hybridized carbons (Fsp3) is 0.143. The van der Waals surface area contributed by atoms with Crippen molar-refractivity contribution in [2.24, 2.45) is 0 Å². The standard InChI is InChI=1S/C21H19BrFNO3S/c1-15-12-18(23)8-11-21(15)28(25,26)24(19-9-6-17(22)7-10-19)14-16-4-3-5-20(13-16)27-2/h3-13H,14H2,1-2H3. The molecule has 146 valence electrons. The molecule has 0 bridgehead atoms. The van der Waals surface area contributed by atoms with E-state index in [0.717, 1.165) is 16.1 Å². The van der Waals surface area contributed by atoms with Crippen molar-refractivity contribution < 1.29 is 17.5 Å². The summed E-state index contributed by atoms with van der Waals surface area (Å²) in [6, 6.07) is 17.9. The van der Waals surface area contributed by atoms with Gasteiger partial charge in [-0.2, -0.15) is 0 Å². The number of aryl methyl sites for hydroxylation is 1. The first-order chi connectivity index (χ1) is 13.3. The zero-order valence-electron chi connectivity index (χ0n) is 15.4. The van der Waals surface area contributed by atoms with Crippen molar-refractivity contribution in [1.82, 2.24) is 0 Å². The third kappa shape index (κ3) is 4.36. The number of methoxy groups -OCH3 is 1. The minimum atomic E-state index is -3.92. The molecule has 0 aromatic heterocycles. The summed E-state index contributed by atoms with van der Waals surface area (Å²) in [5.41, 5.74) is 1.63. The van der Waals surface area contributed by atoms with E-state index in [9.17, 15) is 12.8 Å². The van der Waals surface area contributed by atoms with Crippen LogP contribution in [0.15, 0.2) is 76.1 Å². The highest BCUT2D eigenvalue weighted by Gasteiger charge is 2.27. The number of hydrogen-bond donors (Lipinski definition) is 0. The number of halogens is 2. The highest BCUT2D eigenvalue weighted by molar-refractivity contribution is 9.10. The molecule has 0 unspecified atom stereocenters. The molecular weight excluding hydrogens is 445 g/mol. The molecule has 0 radical (unpaired) electrons. The molecule has 3 rings (SSSR count). The van der Waals surface area contributed by atoms with Gasteiger partial charge in [0.15, 0.2) is 0 Å². The number of hydrogen-bond acceptors (Lipinski definition) is 3. The molecule has 28 heavy (non-hydrogen) atoms. The maximum Gasteiger partial charge on any atom is 0.264 e. The Morgan fingerprint density at radius 2 is 1.75 bits per heavy atom. The number of benzene rings is 3. The molecule has 7 heteroatoms. The van der Waals surface area contributed by atoms with E-state index in [2.05, 4.69) is 15.9 Å². The first-order valence-electron chi connectivity index (χ1n) is 8.48. The predicted molar refractivity (Wildman–Crippen MR) is 112 cm³/mol. The van der Waals surface area contributed by atoms with Gasteiger partial charge in [-0.1, -0.05) is 28.1 Å². The van der Waals surface area contributed by atoms with Crippen LogP contribution < -0.4 is 9.04 Å². The average Bonchev–Trinajstić information content (AvgIpc) is 2.66. The lowest BCUT2D eigenvalue weighted by Gasteiger charge is -2.26. The number of rotatable bonds is 6. The van der Waals surface area contributed by atoms with Crippen molar-refractivity contribution >= 4 is 31.6 Å². The molecule has 0 aliphatic rings. The molecule has 3 aromatic rings. The number of anilines is 1. The summed E-state index contributed by atoms with van der Waals surface area (Å²) >= 11 is 3.37. The van der Waals surface area contributed by atoms with Gasteiger partial charge in [0.05, 0.1) is 24.2 Å². The first kappa shape index (κ1) is 20.4. The zero-order valence-corrected chi connectivity index (χ0v) is 17.8. The van der Waals surface area contributed by atoms with Crippen molar-refractivity contribution in [2.45, 2.75) is 18.4 Å². The van der Waals surface area contributed by atoms with Crippen LogP contribution in [0.3, 0.4) is 0 Å². The third-order valence-corrected chi connectivity index (χ3v) is 6.74. The first-order valence-corrected chi connectivity index (χ1v) is 10.7. The van der Waals surface area contributed by atoms with Crippen LogP contribution in [-0.4, -0.2) is 15.5 Å². The Hall–Kier alpha value is -2.38. The monoisotopic (exact) mass is 463 g/mol. The van der Waals surface area contributed by atoms with Gasteiger partial charge in [-0.3, -0.25) is 4.31 Å². The smallest absolute Gasteiger partial charge is 0.264 e. The minimum Gasteiger partial charge on any atom is -0.497 e. The topological polar surface area (TPSA) is 46.6 Å². The fourth-order valence-electron chi connectivity index (χ4n) is 2.88. The van der Waals surface area contributed by atoms with Crippen LogP contribution >= 0.6 is 15.9 Å². The van der Waals surface area contributed by atoms with E-state index in [-0.39, 0.29) is 11.4 Å². The Morgan fingerprint density at radius 3 is 2.39 bits per heavy atom. The Balaban J connectivity index is 2.10. The highest BCUT2D eigenvalue weighted by Crippen LogP contribution is 2.29. The lowest BCUT2D eigenvalue weighted by Crippen LogP contribution is -2.31. The molecule has 0 atom stereocenters. The second-order valence-electron chi connectivity index (χ2n) is 6.25. The molecule has 4 nitrogen and oxygen atoms in total. The van der Waals surface area contributed by atoms with Gasteiger partial charge in [-0.25, -0.2) is 12.8 Å². The lowest BCUT2D eigenvalue weighted by atomic mass is 10.2. The summed E-state index contributed by atoms with van der Waals surface area (Å²) < 4.78 is 47.8. The normalized spacial score (nSPS) is 11.3. The van der Waals surface area contributed by atoms with Gasteiger partial charge in [0.25, 0.3) is 10.0 Å². The van der Waals surface area contributed by atoms with E-state index in [1.807, 2.05) is 12.1 Å². The Labute approximate surface area is 172 Å². The van der Waals surface area contributed by atoms with Crippen molar-refractivity contribution in [3.8, 4) is 5.75 Å². The van der Waals surface area contributed by atoms with Crippen molar-refractivity contribution in [3.05, 3.63) is 88.1 Å². The van der Waals surface area contributed by atoms with Gasteiger partial charge in [0, 0.05) is 4.47 Å². The predicted octanol–water partition coefficient (Wildman–Crippen LogP) is 5.30. The van der Waals surface area contributed by atoms with E-state index in [1.165, 1.54) is 16.4 Å². The second-order valence-corrected chi connectivity index (χ2v) is 9.00. The molecular formula is C21H19BrFNO3S. The second kappa shape index (κ2) is 8.32. The van der Waals surface area contributed by atoms with Crippen LogP contribution in [0, 0.1) is 12.7 Å². The summed E-state index contributed by atoms with van der Waals surface area (Å²) in [6.45, 7) is 1.69. The lowest BCUT2D eigenvalue weighted by molar-refractivity contribution is 0.414. The Morgan fingerprint density at radius 1 is 1.04 bits per heavy atom. The molecule has 0 saturated carbocycles. The van der Waals surface area contributed by atoms with Crippen LogP contribution in [0.4, 0.5) is 10.1 Å². The largest absolute Gasteiger partial charge is 0.497 e. The van der Waals surface area contributed by atoms with Gasteiger partial charge < -0.3 is 4.74 Å². The van der Waals surface area contributed by atoms with Gasteiger partial charge >= 0.3 is 0 Å². The van der Waals surface area contributed by atoms with E-state index in [4.69, 9.17) is 4.74 Å². The van der Waals surface area contributed by atoms with Gasteiger partial charge in [0.1, 0.15) is 11.6 Å². The van der Waals surface area contributed by atoms with E-state index in [1.54, 1.807) is 50.4 Å². The minimum absolute atomic E-state index is 0.0692. The molecule has 0 heterocycles. The van der Waals surface area contributed by atoms with Crippen LogP contribution in [0.25, 0.3) is 0 Å². The maximum atomic E-state index is 13.5. The molecule has 0 amide bonds. The van der Waals surface area contributed by atoms with Crippen molar-refractivity contribution in [1.29, 1.82) is 0 Å². The van der Waals surface area contributed by atoms with E-state index >= 15 is 0 Å². The molecule has 0 aliphatic carbocycles. The summed E-state index contributed by atoms with van der Waals surface area (Å²) in [7, 11) is -2.36. The van der Waals surface area contributed by atoms with Gasteiger partial charge in [-0.05, 0) is 72.6 Å². The van der Waals surface area contributed by atoms with Crippen LogP contribution in [0.1, 0.15) is 11.1 Å². The zero-order chi connectivity index (χ0) is 20.3. The highest BCUT2D eigenvalue weighted by atomic mass is 79.9. The average molecular weight is 464 g/mol. The van der Waals surface area contributed by atoms with E-state index in [0.29, 0.717) is 17.0 Å². The maximum absolute atomic E-state index is 13.5. The van der Waals surface area contributed by atoms with Gasteiger partial charge in [0.2, 0.25) is 0 Å². The SMILES string of the molecule is COc1cccc(CN(c2ccc(Br)cc2)S(=O)(=O)c2ccc(F)cc2C)c1. The van der Waals surface area contributed by atoms with Crippen molar-refractivity contribution in [3.63, 3.8) is 0 Å². The summed E-state index contributed by atoms with van der Waals surface area (Å²) in [5.74, 6) is 0.169. The van der Waals surface area contributed by atoms with Crippen LogP contribution in [0.2, 0.25) is 0 Å². The molecule has 0 saturated heterocycles. The molecule has 0 aliphatic heterocycles. The quantitative estimate of drug-likeness (QED) is 0.498. The summed E-state index contributed by atoms with van der Waals surface area (Å²) in [4.78, 5) is 0.0692. The summed E-state index contributed by atoms with van der Waals surface area (Å²) in [6.07, 6.45) is 0. The van der Waals surface area contributed by atoms with Crippen LogP contribution in [0.5, 0.6) is 5.75 Å². The Kier molecular flexibility index (Phi) is 6.05. The van der Waals surface area contributed by atoms with E-state index < -0.39 is 15.8 Å². The van der Waals surface area contributed by atoms with Gasteiger partial charge in [-0.15, -0.1) is 0 Å². The summed E-state index contributed by atoms with van der Waals surface area (Å²) in [5, 5.41) is 0. The van der Waals surface area contributed by atoms with Crippen molar-refractivity contribution in [2.75, 3.05) is 11.4 Å². The molecule has 3 aromatic carbocycles. The molecule has 0 fully saturated rings.